The summed E-state index contributed by atoms with van der Waals surface area (Å²) < 4.78 is 24.1. The van der Waals surface area contributed by atoms with Gasteiger partial charge in [-0.2, -0.15) is 0 Å². The van der Waals surface area contributed by atoms with Crippen LogP contribution in [-0.4, -0.2) is 14.2 Å². The van der Waals surface area contributed by atoms with Gasteiger partial charge in [0.15, 0.2) is 9.84 Å². The zero-order valence-electron chi connectivity index (χ0n) is 7.77. The maximum atomic E-state index is 11.6. The summed E-state index contributed by atoms with van der Waals surface area (Å²) in [7, 11) is -3.15. The van der Waals surface area contributed by atoms with Crippen molar-refractivity contribution < 1.29 is 8.42 Å². The van der Waals surface area contributed by atoms with Crippen LogP contribution in [0.3, 0.4) is 0 Å². The highest BCUT2D eigenvalue weighted by Crippen LogP contribution is 2.15. The van der Waals surface area contributed by atoms with E-state index >= 15 is 0 Å². The van der Waals surface area contributed by atoms with Crippen molar-refractivity contribution in [1.29, 1.82) is 0 Å². The molecule has 1 aromatic carbocycles. The van der Waals surface area contributed by atoms with Gasteiger partial charge in [0.1, 0.15) is 0 Å². The van der Waals surface area contributed by atoms with Crippen LogP contribution in [0.15, 0.2) is 45.8 Å². The molecule has 0 amide bonds. The molecule has 1 aromatic rings. The molecule has 0 saturated heterocycles. The molecule has 0 unspecified atom stereocenters. The van der Waals surface area contributed by atoms with E-state index in [4.69, 9.17) is 0 Å². The molecule has 0 bridgehead atoms. The van der Waals surface area contributed by atoms with Gasteiger partial charge >= 0.3 is 0 Å². The van der Waals surface area contributed by atoms with E-state index in [0.29, 0.717) is 4.90 Å². The van der Waals surface area contributed by atoms with Crippen molar-refractivity contribution in [2.45, 2.75) is 11.8 Å². The van der Waals surface area contributed by atoms with Gasteiger partial charge in [-0.1, -0.05) is 28.1 Å². The van der Waals surface area contributed by atoms with E-state index in [9.17, 15) is 8.42 Å². The van der Waals surface area contributed by atoms with E-state index in [1.54, 1.807) is 43.3 Å². The summed E-state index contributed by atoms with van der Waals surface area (Å²) in [4.78, 5) is 0.360. The van der Waals surface area contributed by atoms with E-state index in [1.807, 2.05) is 0 Å². The molecule has 1 rings (SSSR count). The lowest BCUT2D eigenvalue weighted by atomic mass is 10.4. The highest BCUT2D eigenvalue weighted by atomic mass is 79.9. The average Bonchev–Trinajstić information content (AvgIpc) is 2.16. The van der Waals surface area contributed by atoms with Crippen LogP contribution >= 0.6 is 15.9 Å². The third-order valence-corrected chi connectivity index (χ3v) is 3.87. The summed E-state index contributed by atoms with van der Waals surface area (Å²) in [6.45, 7) is 1.80. The average molecular weight is 275 g/mol. The van der Waals surface area contributed by atoms with E-state index in [1.165, 1.54) is 0 Å². The largest absolute Gasteiger partial charge is 0.223 e. The Balaban J connectivity index is 2.99. The summed E-state index contributed by atoms with van der Waals surface area (Å²) in [5.41, 5.74) is 0. The highest BCUT2D eigenvalue weighted by molar-refractivity contribution is 9.10. The Kier molecular flexibility index (Phi) is 3.89. The molecule has 2 nitrogen and oxygen atoms in total. The minimum atomic E-state index is -3.15. The summed E-state index contributed by atoms with van der Waals surface area (Å²) >= 11 is 3.26. The number of rotatable bonds is 3. The molecular formula is C10H11BrO2S. The molecule has 0 saturated carbocycles. The van der Waals surface area contributed by atoms with Crippen molar-refractivity contribution in [1.82, 2.24) is 0 Å². The van der Waals surface area contributed by atoms with Crippen LogP contribution in [0, 0.1) is 0 Å². The maximum absolute atomic E-state index is 11.6. The van der Waals surface area contributed by atoms with E-state index in [2.05, 4.69) is 15.9 Å². The standard InChI is InChI=1S/C10H11BrO2S/c1-2-3-8-14(12,13)10-6-4-9(11)5-7-10/h2-7H,8H2,1H3/b3-2+. The second-order valence-corrected chi connectivity index (χ2v) is 5.75. The van der Waals surface area contributed by atoms with Crippen LogP contribution in [0.4, 0.5) is 0 Å². The Morgan fingerprint density at radius 1 is 1.29 bits per heavy atom. The quantitative estimate of drug-likeness (QED) is 0.795. The molecule has 0 aromatic heterocycles. The third kappa shape index (κ3) is 2.96. The fourth-order valence-electron chi connectivity index (χ4n) is 0.961. The molecule has 76 valence electrons. The Morgan fingerprint density at radius 2 is 1.86 bits per heavy atom. The summed E-state index contributed by atoms with van der Waals surface area (Å²) in [5, 5.41) is 0. The Labute approximate surface area is 92.7 Å². The van der Waals surface area contributed by atoms with Crippen molar-refractivity contribution in [3.05, 3.63) is 40.9 Å². The van der Waals surface area contributed by atoms with Gasteiger partial charge < -0.3 is 0 Å². The molecule has 0 aliphatic carbocycles. The van der Waals surface area contributed by atoms with E-state index < -0.39 is 9.84 Å². The highest BCUT2D eigenvalue weighted by Gasteiger charge is 2.11. The summed E-state index contributed by atoms with van der Waals surface area (Å²) in [6.07, 6.45) is 3.37. The van der Waals surface area contributed by atoms with Gasteiger partial charge in [0.25, 0.3) is 0 Å². The fourth-order valence-corrected chi connectivity index (χ4v) is 2.41. The molecule has 0 heterocycles. The first-order valence-electron chi connectivity index (χ1n) is 4.16. The number of hydrogen-bond acceptors (Lipinski definition) is 2. The first-order chi connectivity index (χ1) is 6.56. The number of allylic oxidation sites excluding steroid dienone is 1. The van der Waals surface area contributed by atoms with Gasteiger partial charge in [-0.05, 0) is 31.2 Å². The fraction of sp³-hybridized carbons (Fsp3) is 0.200. The minimum Gasteiger partial charge on any atom is -0.223 e. The van der Waals surface area contributed by atoms with Gasteiger partial charge in [-0.25, -0.2) is 8.42 Å². The molecule has 0 aliphatic heterocycles. The zero-order chi connectivity index (χ0) is 10.6. The first kappa shape index (κ1) is 11.5. The molecule has 0 aliphatic rings. The molecule has 0 atom stereocenters. The second kappa shape index (κ2) is 4.75. The molecule has 0 N–H and O–H groups in total. The molecule has 4 heteroatoms. The van der Waals surface area contributed by atoms with Crippen molar-refractivity contribution >= 4 is 25.8 Å². The van der Waals surface area contributed by atoms with Gasteiger partial charge in [-0.3, -0.25) is 0 Å². The second-order valence-electron chi connectivity index (χ2n) is 2.80. The van der Waals surface area contributed by atoms with Crippen LogP contribution in [0.1, 0.15) is 6.92 Å². The molecule has 14 heavy (non-hydrogen) atoms. The minimum absolute atomic E-state index is 0.0606. The van der Waals surface area contributed by atoms with Crippen LogP contribution in [0.25, 0.3) is 0 Å². The lowest BCUT2D eigenvalue weighted by Crippen LogP contribution is -2.04. The van der Waals surface area contributed by atoms with Crippen molar-refractivity contribution in [2.24, 2.45) is 0 Å². The van der Waals surface area contributed by atoms with E-state index in [-0.39, 0.29) is 5.75 Å². The van der Waals surface area contributed by atoms with Gasteiger partial charge in [0, 0.05) is 4.47 Å². The molecule has 0 radical (unpaired) electrons. The Hall–Kier alpha value is -0.610. The topological polar surface area (TPSA) is 34.1 Å². The summed E-state index contributed by atoms with van der Waals surface area (Å²) in [5.74, 6) is 0.0606. The number of sulfone groups is 1. The first-order valence-corrected chi connectivity index (χ1v) is 6.60. The maximum Gasteiger partial charge on any atom is 0.181 e. The van der Waals surface area contributed by atoms with Gasteiger partial charge in [-0.15, -0.1) is 0 Å². The Morgan fingerprint density at radius 3 is 2.36 bits per heavy atom. The van der Waals surface area contributed by atoms with Crippen molar-refractivity contribution in [3.63, 3.8) is 0 Å². The van der Waals surface area contributed by atoms with Crippen molar-refractivity contribution in [2.75, 3.05) is 5.75 Å². The summed E-state index contributed by atoms with van der Waals surface area (Å²) in [6, 6.07) is 6.65. The van der Waals surface area contributed by atoms with Crippen LogP contribution in [0.5, 0.6) is 0 Å². The molecular weight excluding hydrogens is 264 g/mol. The molecule has 0 spiro atoms. The predicted molar refractivity (Wildman–Crippen MR) is 61.0 cm³/mol. The smallest absolute Gasteiger partial charge is 0.181 e. The third-order valence-electron chi connectivity index (χ3n) is 1.72. The normalized spacial score (nSPS) is 12.1. The van der Waals surface area contributed by atoms with Crippen LogP contribution in [0.2, 0.25) is 0 Å². The number of halogens is 1. The number of benzene rings is 1. The van der Waals surface area contributed by atoms with Crippen molar-refractivity contribution in [3.8, 4) is 0 Å². The predicted octanol–water partition coefficient (Wildman–Crippen LogP) is 2.80. The van der Waals surface area contributed by atoms with Crippen LogP contribution < -0.4 is 0 Å². The van der Waals surface area contributed by atoms with Crippen LogP contribution in [-0.2, 0) is 9.84 Å². The van der Waals surface area contributed by atoms with Gasteiger partial charge in [0.2, 0.25) is 0 Å². The van der Waals surface area contributed by atoms with E-state index in [0.717, 1.165) is 4.47 Å². The monoisotopic (exact) mass is 274 g/mol. The SMILES string of the molecule is C/C=C/CS(=O)(=O)c1ccc(Br)cc1. The lowest BCUT2D eigenvalue weighted by molar-refractivity contribution is 0.599. The Bertz CT molecular complexity index is 418. The van der Waals surface area contributed by atoms with Gasteiger partial charge in [0.05, 0.1) is 10.6 Å². The zero-order valence-corrected chi connectivity index (χ0v) is 10.2. The lowest BCUT2D eigenvalue weighted by Gasteiger charge is -2.00. The number of hydrogen-bond donors (Lipinski definition) is 0. The molecule has 0 fully saturated rings.